The first-order valence-electron chi connectivity index (χ1n) is 9.11. The molecule has 7 nitrogen and oxygen atoms in total. The maximum absolute atomic E-state index is 5.92. The van der Waals surface area contributed by atoms with Crippen LogP contribution in [-0.2, 0) is 6.54 Å². The Kier molecular flexibility index (Phi) is 6.22. The van der Waals surface area contributed by atoms with Crippen LogP contribution in [-0.4, -0.2) is 60.9 Å². The fraction of sp³-hybridized carbons (Fsp3) is 0.526. The third-order valence-electron chi connectivity index (χ3n) is 4.69. The molecule has 0 saturated carbocycles. The van der Waals surface area contributed by atoms with E-state index in [1.165, 1.54) is 12.8 Å². The van der Waals surface area contributed by atoms with Crippen LogP contribution < -0.4 is 15.0 Å². The van der Waals surface area contributed by atoms with Crippen LogP contribution >= 0.6 is 0 Å². The molecule has 26 heavy (non-hydrogen) atoms. The summed E-state index contributed by atoms with van der Waals surface area (Å²) in [5, 5.41) is 11.6. The summed E-state index contributed by atoms with van der Waals surface area (Å²) in [7, 11) is 6.07. The highest BCUT2D eigenvalue weighted by Gasteiger charge is 2.17. The SMILES string of the molecule is CN1CCC(COc2cc(CNc3ccc(N(C)C)nn3)ccn2)CC1. The predicted molar refractivity (Wildman–Crippen MR) is 104 cm³/mol. The van der Waals surface area contributed by atoms with Crippen molar-refractivity contribution in [2.45, 2.75) is 19.4 Å². The van der Waals surface area contributed by atoms with E-state index in [2.05, 4.69) is 32.4 Å². The van der Waals surface area contributed by atoms with E-state index in [0.717, 1.165) is 36.9 Å². The molecule has 1 saturated heterocycles. The monoisotopic (exact) mass is 356 g/mol. The van der Waals surface area contributed by atoms with E-state index in [0.29, 0.717) is 18.3 Å². The Balaban J connectivity index is 1.49. The van der Waals surface area contributed by atoms with Gasteiger partial charge in [0.25, 0.3) is 0 Å². The van der Waals surface area contributed by atoms with Gasteiger partial charge in [-0.1, -0.05) is 0 Å². The second-order valence-electron chi connectivity index (χ2n) is 7.08. The normalized spacial score (nSPS) is 15.7. The molecule has 0 amide bonds. The number of nitrogens with zero attached hydrogens (tertiary/aromatic N) is 5. The highest BCUT2D eigenvalue weighted by Crippen LogP contribution is 2.18. The Bertz CT molecular complexity index is 683. The number of piperidine rings is 1. The van der Waals surface area contributed by atoms with Crippen LogP contribution in [0, 0.1) is 5.92 Å². The zero-order chi connectivity index (χ0) is 18.4. The first-order chi connectivity index (χ1) is 12.6. The van der Waals surface area contributed by atoms with E-state index in [1.54, 1.807) is 6.20 Å². The molecule has 140 valence electrons. The van der Waals surface area contributed by atoms with Gasteiger partial charge in [-0.05, 0) is 62.7 Å². The topological polar surface area (TPSA) is 66.4 Å². The molecule has 0 bridgehead atoms. The highest BCUT2D eigenvalue weighted by molar-refractivity contribution is 5.42. The minimum absolute atomic E-state index is 0.625. The zero-order valence-corrected chi connectivity index (χ0v) is 15.9. The molecule has 0 aromatic carbocycles. The molecular formula is C19H28N6O. The maximum atomic E-state index is 5.92. The van der Waals surface area contributed by atoms with Gasteiger partial charge in [0.2, 0.25) is 5.88 Å². The molecule has 0 radical (unpaired) electrons. The Morgan fingerprint density at radius 2 is 2.00 bits per heavy atom. The molecule has 0 aliphatic carbocycles. The molecule has 0 atom stereocenters. The Labute approximate surface area is 155 Å². The molecule has 0 unspecified atom stereocenters. The fourth-order valence-corrected chi connectivity index (χ4v) is 2.92. The number of nitrogens with one attached hydrogen (secondary N) is 1. The van der Waals surface area contributed by atoms with Crippen molar-refractivity contribution in [1.29, 1.82) is 0 Å². The van der Waals surface area contributed by atoms with Crippen LogP contribution in [0.1, 0.15) is 18.4 Å². The van der Waals surface area contributed by atoms with Crippen molar-refractivity contribution in [3.05, 3.63) is 36.0 Å². The third-order valence-corrected chi connectivity index (χ3v) is 4.69. The summed E-state index contributed by atoms with van der Waals surface area (Å²) in [5.74, 6) is 2.91. The van der Waals surface area contributed by atoms with Gasteiger partial charge < -0.3 is 19.9 Å². The van der Waals surface area contributed by atoms with Gasteiger partial charge in [-0.3, -0.25) is 0 Å². The molecule has 1 fully saturated rings. The van der Waals surface area contributed by atoms with Crippen LogP contribution in [0.2, 0.25) is 0 Å². The third kappa shape index (κ3) is 5.29. The minimum Gasteiger partial charge on any atom is -0.477 e. The number of ether oxygens (including phenoxy) is 1. The molecular weight excluding hydrogens is 328 g/mol. The van der Waals surface area contributed by atoms with Gasteiger partial charge in [-0.2, -0.15) is 0 Å². The van der Waals surface area contributed by atoms with Crippen molar-refractivity contribution in [2.24, 2.45) is 5.92 Å². The number of rotatable bonds is 7. The van der Waals surface area contributed by atoms with E-state index in [4.69, 9.17) is 4.74 Å². The second-order valence-corrected chi connectivity index (χ2v) is 7.08. The van der Waals surface area contributed by atoms with Gasteiger partial charge in [-0.15, -0.1) is 10.2 Å². The van der Waals surface area contributed by atoms with Gasteiger partial charge in [0.15, 0.2) is 5.82 Å². The highest BCUT2D eigenvalue weighted by atomic mass is 16.5. The smallest absolute Gasteiger partial charge is 0.213 e. The molecule has 3 heterocycles. The van der Waals surface area contributed by atoms with Crippen molar-refractivity contribution in [3.8, 4) is 5.88 Å². The fourth-order valence-electron chi connectivity index (χ4n) is 2.92. The predicted octanol–water partition coefficient (Wildman–Crippen LogP) is 2.27. The minimum atomic E-state index is 0.625. The Morgan fingerprint density at radius 3 is 2.69 bits per heavy atom. The number of hydrogen-bond donors (Lipinski definition) is 1. The second kappa shape index (κ2) is 8.80. The zero-order valence-electron chi connectivity index (χ0n) is 15.9. The molecule has 2 aromatic rings. The van der Waals surface area contributed by atoms with Gasteiger partial charge in [-0.25, -0.2) is 4.98 Å². The summed E-state index contributed by atoms with van der Waals surface area (Å²) in [6.45, 7) is 3.70. The average molecular weight is 356 g/mol. The quantitative estimate of drug-likeness (QED) is 0.816. The van der Waals surface area contributed by atoms with E-state index in [1.807, 2.05) is 43.3 Å². The number of hydrogen-bond acceptors (Lipinski definition) is 7. The lowest BCUT2D eigenvalue weighted by Gasteiger charge is -2.28. The van der Waals surface area contributed by atoms with Crippen LogP contribution in [0.5, 0.6) is 5.88 Å². The van der Waals surface area contributed by atoms with E-state index < -0.39 is 0 Å². The molecule has 3 rings (SSSR count). The maximum Gasteiger partial charge on any atom is 0.213 e. The number of pyridine rings is 1. The first kappa shape index (κ1) is 18.4. The van der Waals surface area contributed by atoms with Gasteiger partial charge >= 0.3 is 0 Å². The summed E-state index contributed by atoms with van der Waals surface area (Å²) < 4.78 is 5.92. The first-order valence-corrected chi connectivity index (χ1v) is 9.11. The van der Waals surface area contributed by atoms with Crippen LogP contribution in [0.3, 0.4) is 0 Å². The average Bonchev–Trinajstić information content (AvgIpc) is 2.66. The van der Waals surface area contributed by atoms with Crippen LogP contribution in [0.15, 0.2) is 30.5 Å². The van der Waals surface area contributed by atoms with E-state index in [-0.39, 0.29) is 0 Å². The summed E-state index contributed by atoms with van der Waals surface area (Å²) in [6, 6.07) is 7.85. The lowest BCUT2D eigenvalue weighted by Crippen LogP contribution is -2.32. The number of anilines is 2. The van der Waals surface area contributed by atoms with Crippen LogP contribution in [0.4, 0.5) is 11.6 Å². The van der Waals surface area contributed by atoms with Crippen molar-refractivity contribution in [2.75, 3.05) is 51.1 Å². The van der Waals surface area contributed by atoms with Gasteiger partial charge in [0.05, 0.1) is 6.61 Å². The molecule has 1 aliphatic heterocycles. The summed E-state index contributed by atoms with van der Waals surface area (Å²) in [6.07, 6.45) is 4.18. The van der Waals surface area contributed by atoms with E-state index in [9.17, 15) is 0 Å². The number of likely N-dealkylation sites (tertiary alicyclic amines) is 1. The molecule has 0 spiro atoms. The van der Waals surface area contributed by atoms with Gasteiger partial charge in [0, 0.05) is 32.9 Å². The van der Waals surface area contributed by atoms with E-state index >= 15 is 0 Å². The summed E-state index contributed by atoms with van der Waals surface area (Å²) >= 11 is 0. The standard InChI is InChI=1S/C19H28N6O/c1-24(2)18-5-4-17(22-23-18)21-13-16-6-9-20-19(12-16)26-14-15-7-10-25(3)11-8-15/h4-6,9,12,15H,7-8,10-11,13-14H2,1-3H3,(H,21,22). The molecule has 2 aromatic heterocycles. The molecule has 1 N–H and O–H groups in total. The lowest BCUT2D eigenvalue weighted by molar-refractivity contribution is 0.157. The largest absolute Gasteiger partial charge is 0.477 e. The van der Waals surface area contributed by atoms with Crippen LogP contribution in [0.25, 0.3) is 0 Å². The summed E-state index contributed by atoms with van der Waals surface area (Å²) in [4.78, 5) is 8.63. The van der Waals surface area contributed by atoms with Crippen molar-refractivity contribution < 1.29 is 4.74 Å². The lowest BCUT2D eigenvalue weighted by atomic mass is 9.98. The Morgan fingerprint density at radius 1 is 1.19 bits per heavy atom. The summed E-state index contributed by atoms with van der Waals surface area (Å²) in [5.41, 5.74) is 1.11. The number of aromatic nitrogens is 3. The van der Waals surface area contributed by atoms with Crippen molar-refractivity contribution in [3.63, 3.8) is 0 Å². The van der Waals surface area contributed by atoms with Crippen molar-refractivity contribution in [1.82, 2.24) is 20.1 Å². The molecule has 1 aliphatic rings. The van der Waals surface area contributed by atoms with Gasteiger partial charge in [0.1, 0.15) is 5.82 Å². The van der Waals surface area contributed by atoms with Crippen molar-refractivity contribution >= 4 is 11.6 Å². The molecule has 7 heteroatoms. The Hall–Kier alpha value is -2.41.